The fourth-order valence-corrected chi connectivity index (χ4v) is 0.618. The summed E-state index contributed by atoms with van der Waals surface area (Å²) in [4.78, 5) is 28.1. The molecule has 0 aliphatic carbocycles. The van der Waals surface area contributed by atoms with Crippen LogP contribution < -0.4 is 0 Å². The number of hydrogen-bond donors (Lipinski definition) is 7. The third-order valence-electron chi connectivity index (χ3n) is 1.60. The lowest BCUT2D eigenvalue weighted by Crippen LogP contribution is -2.46. The van der Waals surface area contributed by atoms with Crippen LogP contribution in [0.15, 0.2) is 0 Å². The highest BCUT2D eigenvalue weighted by Gasteiger charge is 2.29. The lowest BCUT2D eigenvalue weighted by atomic mass is 10.0. The summed E-state index contributed by atoms with van der Waals surface area (Å²) in [6, 6.07) is 0. The van der Waals surface area contributed by atoms with Crippen LogP contribution in [0.2, 0.25) is 0 Å². The molecular formula is C8H14O10. The molecule has 0 aliphatic heterocycles. The lowest BCUT2D eigenvalue weighted by molar-refractivity contribution is -0.159. The number of carbonyl (C=O) groups excluding carboxylic acids is 1. The second-order valence-electron chi connectivity index (χ2n) is 2.97. The van der Waals surface area contributed by atoms with E-state index in [9.17, 15) is 4.79 Å². The zero-order chi connectivity index (χ0) is 14.9. The molecule has 0 aromatic rings. The molecule has 0 fully saturated rings. The number of carboxylic acid groups (broad SMARTS) is 2. The van der Waals surface area contributed by atoms with E-state index in [4.69, 9.17) is 45.3 Å². The van der Waals surface area contributed by atoms with E-state index >= 15 is 0 Å². The molecule has 4 unspecified atom stereocenters. The topological polar surface area (TPSA) is 193 Å². The van der Waals surface area contributed by atoms with Gasteiger partial charge in [-0.1, -0.05) is 0 Å². The maximum absolute atomic E-state index is 9.90. The molecule has 0 heterocycles. The Balaban J connectivity index is 0. The van der Waals surface area contributed by atoms with E-state index in [0.717, 1.165) is 0 Å². The summed E-state index contributed by atoms with van der Waals surface area (Å²) in [5, 5.41) is 58.3. The summed E-state index contributed by atoms with van der Waals surface area (Å²) in [5.74, 6) is -3.65. The van der Waals surface area contributed by atoms with Crippen LogP contribution in [0.4, 0.5) is 0 Å². The molecule has 10 nitrogen and oxygen atoms in total. The molecule has 0 spiro atoms. The van der Waals surface area contributed by atoms with Gasteiger partial charge in [-0.15, -0.1) is 0 Å². The first-order valence-corrected chi connectivity index (χ1v) is 4.43. The molecule has 0 amide bonds. The van der Waals surface area contributed by atoms with Gasteiger partial charge < -0.3 is 40.5 Å². The monoisotopic (exact) mass is 270 g/mol. The summed E-state index contributed by atoms with van der Waals surface area (Å²) in [6.07, 6.45) is -6.84. The van der Waals surface area contributed by atoms with Gasteiger partial charge in [-0.25, -0.2) is 9.59 Å². The number of hydrogen-bond acceptors (Lipinski definition) is 8. The Labute approximate surface area is 100 Å². The molecule has 10 heteroatoms. The summed E-state index contributed by atoms with van der Waals surface area (Å²) >= 11 is 0. The van der Waals surface area contributed by atoms with Gasteiger partial charge in [0.25, 0.3) is 0 Å². The first-order chi connectivity index (χ1) is 8.18. The van der Waals surface area contributed by atoms with Gasteiger partial charge in [0, 0.05) is 0 Å². The number of aliphatic hydroxyl groups excluding tert-OH is 5. The number of aliphatic carboxylic acids is 2. The third kappa shape index (κ3) is 7.65. The molecule has 4 atom stereocenters. The van der Waals surface area contributed by atoms with E-state index in [1.54, 1.807) is 0 Å². The average Bonchev–Trinajstić information content (AvgIpc) is 2.35. The van der Waals surface area contributed by atoms with Gasteiger partial charge in [-0.3, -0.25) is 0 Å². The van der Waals surface area contributed by atoms with Crippen LogP contribution in [0.25, 0.3) is 0 Å². The van der Waals surface area contributed by atoms with Crippen molar-refractivity contribution in [2.75, 3.05) is 6.61 Å². The number of carboxylic acids is 2. The Morgan fingerprint density at radius 3 is 1.56 bits per heavy atom. The Morgan fingerprint density at radius 1 is 0.944 bits per heavy atom. The van der Waals surface area contributed by atoms with E-state index in [-0.39, 0.29) is 6.29 Å². The largest absolute Gasteiger partial charge is 0.473 e. The molecule has 0 rings (SSSR count). The van der Waals surface area contributed by atoms with Gasteiger partial charge in [0.2, 0.25) is 0 Å². The molecule has 0 saturated heterocycles. The standard InChI is InChI=1S/C6H12O6.C2H2O4/c7-1-3(9)5(11)6(12)4(10)2-8;3-1(4)2(5)6/h1,3-6,8-12H,2H2;(H,3,4)(H,5,6). The predicted molar refractivity (Wildman–Crippen MR) is 52.4 cm³/mol. The quantitative estimate of drug-likeness (QED) is 0.190. The molecule has 0 bridgehead atoms. The van der Waals surface area contributed by atoms with Crippen LogP contribution in [0.5, 0.6) is 0 Å². The van der Waals surface area contributed by atoms with Crippen molar-refractivity contribution in [3.8, 4) is 0 Å². The van der Waals surface area contributed by atoms with Gasteiger partial charge in [-0.05, 0) is 0 Å². The highest BCUT2D eigenvalue weighted by molar-refractivity contribution is 6.27. The van der Waals surface area contributed by atoms with Crippen molar-refractivity contribution in [1.82, 2.24) is 0 Å². The van der Waals surface area contributed by atoms with Gasteiger partial charge in [0.15, 0.2) is 6.29 Å². The van der Waals surface area contributed by atoms with Gasteiger partial charge in [0.05, 0.1) is 6.61 Å². The zero-order valence-corrected chi connectivity index (χ0v) is 8.95. The smallest absolute Gasteiger partial charge is 0.414 e. The first kappa shape index (κ1) is 18.8. The molecule has 0 aromatic carbocycles. The summed E-state index contributed by atoms with van der Waals surface area (Å²) in [5.41, 5.74) is 0. The molecular weight excluding hydrogens is 256 g/mol. The number of aldehydes is 1. The molecule has 0 aliphatic rings. The average molecular weight is 270 g/mol. The van der Waals surface area contributed by atoms with Crippen molar-refractivity contribution >= 4 is 18.2 Å². The predicted octanol–water partition coefficient (Wildman–Crippen LogP) is -4.22. The molecule has 106 valence electrons. The lowest BCUT2D eigenvalue weighted by Gasteiger charge is -2.22. The molecule has 0 radical (unpaired) electrons. The van der Waals surface area contributed by atoms with Gasteiger partial charge >= 0.3 is 11.9 Å². The SMILES string of the molecule is O=C(O)C(=O)O.O=CC(O)C(O)C(O)C(O)CO. The number of aliphatic hydroxyl groups is 5. The Bertz CT molecular complexity index is 265. The van der Waals surface area contributed by atoms with Crippen LogP contribution in [0.3, 0.4) is 0 Å². The van der Waals surface area contributed by atoms with E-state index < -0.39 is 43.0 Å². The Kier molecular flexibility index (Phi) is 9.84. The molecule has 0 aromatic heterocycles. The second kappa shape index (κ2) is 9.44. The van der Waals surface area contributed by atoms with Crippen molar-refractivity contribution in [3.05, 3.63) is 0 Å². The minimum atomic E-state index is -1.82. The van der Waals surface area contributed by atoms with Crippen LogP contribution in [0.1, 0.15) is 0 Å². The highest BCUT2D eigenvalue weighted by Crippen LogP contribution is 2.02. The Hall–Kier alpha value is -1.59. The van der Waals surface area contributed by atoms with Crippen molar-refractivity contribution in [1.29, 1.82) is 0 Å². The molecule has 18 heavy (non-hydrogen) atoms. The van der Waals surface area contributed by atoms with Crippen molar-refractivity contribution in [3.63, 3.8) is 0 Å². The van der Waals surface area contributed by atoms with Gasteiger partial charge in [0.1, 0.15) is 24.4 Å². The van der Waals surface area contributed by atoms with Crippen molar-refractivity contribution < 1.29 is 50.1 Å². The zero-order valence-electron chi connectivity index (χ0n) is 8.95. The normalized spacial score (nSPS) is 16.5. The van der Waals surface area contributed by atoms with E-state index in [1.165, 1.54) is 0 Å². The fraction of sp³-hybridized carbons (Fsp3) is 0.625. The molecule has 0 saturated carbocycles. The van der Waals surface area contributed by atoms with Crippen LogP contribution >= 0.6 is 0 Å². The number of rotatable bonds is 5. The van der Waals surface area contributed by atoms with Crippen LogP contribution in [-0.4, -0.2) is 85.0 Å². The minimum absolute atomic E-state index is 0.0258. The van der Waals surface area contributed by atoms with Crippen LogP contribution in [0, 0.1) is 0 Å². The first-order valence-electron chi connectivity index (χ1n) is 4.43. The van der Waals surface area contributed by atoms with Crippen molar-refractivity contribution in [2.45, 2.75) is 24.4 Å². The summed E-state index contributed by atoms with van der Waals surface area (Å²) < 4.78 is 0. The fourth-order valence-electron chi connectivity index (χ4n) is 0.618. The minimum Gasteiger partial charge on any atom is -0.473 e. The Morgan fingerprint density at radius 2 is 1.33 bits per heavy atom. The van der Waals surface area contributed by atoms with E-state index in [1.807, 2.05) is 0 Å². The molecule has 7 N–H and O–H groups in total. The number of carbonyl (C=O) groups is 3. The maximum Gasteiger partial charge on any atom is 0.414 e. The summed E-state index contributed by atoms with van der Waals surface area (Å²) in [7, 11) is 0. The summed E-state index contributed by atoms with van der Waals surface area (Å²) in [6.45, 7) is -0.760. The maximum atomic E-state index is 9.90. The van der Waals surface area contributed by atoms with Crippen molar-refractivity contribution in [2.24, 2.45) is 0 Å². The highest BCUT2D eigenvalue weighted by atomic mass is 16.4. The van der Waals surface area contributed by atoms with Gasteiger partial charge in [-0.2, -0.15) is 0 Å². The van der Waals surface area contributed by atoms with E-state index in [2.05, 4.69) is 0 Å². The van der Waals surface area contributed by atoms with E-state index in [0.29, 0.717) is 0 Å². The third-order valence-corrected chi connectivity index (χ3v) is 1.60. The second-order valence-corrected chi connectivity index (χ2v) is 2.97. The van der Waals surface area contributed by atoms with Crippen LogP contribution in [-0.2, 0) is 14.4 Å².